The minimum absolute atomic E-state index is 0.123. The quantitative estimate of drug-likeness (QED) is 0.413. The van der Waals surface area contributed by atoms with Crippen molar-refractivity contribution in [3.05, 3.63) is 77.0 Å². The van der Waals surface area contributed by atoms with Crippen LogP contribution in [0.4, 0.5) is 0 Å². The zero-order chi connectivity index (χ0) is 21.8. The molecule has 1 saturated heterocycles. The highest BCUT2D eigenvalue weighted by Crippen LogP contribution is 2.27. The number of hydrogen-bond donors (Lipinski definition) is 0. The van der Waals surface area contributed by atoms with Crippen LogP contribution in [0.2, 0.25) is 5.02 Å². The summed E-state index contributed by atoms with van der Waals surface area (Å²) in [7, 11) is 0. The van der Waals surface area contributed by atoms with Gasteiger partial charge in [-0.3, -0.25) is 4.79 Å². The van der Waals surface area contributed by atoms with Crippen molar-refractivity contribution in [2.75, 3.05) is 13.1 Å². The minimum Gasteiger partial charge on any atom is -0.338 e. The second-order valence-corrected chi connectivity index (χ2v) is 8.30. The molecule has 0 bridgehead atoms. The molecule has 0 spiro atoms. The lowest BCUT2D eigenvalue weighted by molar-refractivity contribution is -0.127. The zero-order valence-corrected chi connectivity index (χ0v) is 18.1. The van der Waals surface area contributed by atoms with Gasteiger partial charge in [-0.05, 0) is 49.1 Å². The van der Waals surface area contributed by atoms with E-state index in [2.05, 4.69) is 13.0 Å². The van der Waals surface area contributed by atoms with E-state index in [4.69, 9.17) is 16.7 Å². The van der Waals surface area contributed by atoms with Gasteiger partial charge >= 0.3 is 0 Å². The molecule has 0 aliphatic carbocycles. The van der Waals surface area contributed by atoms with Gasteiger partial charge < -0.3 is 4.90 Å². The molecule has 1 amide bonds. The molecule has 4 rings (SSSR count). The topological polar surface area (TPSA) is 61.9 Å². The molecule has 1 aliphatic rings. The fourth-order valence-electron chi connectivity index (χ4n) is 3.72. The molecule has 6 heteroatoms. The number of likely N-dealkylation sites (tertiary alicyclic amines) is 1. The maximum Gasteiger partial charge on any atom is 0.264 e. The maximum absolute atomic E-state index is 13.0. The number of nitrogens with zero attached hydrogens (tertiary/aromatic N) is 4. The van der Waals surface area contributed by atoms with E-state index in [0.29, 0.717) is 35.3 Å². The third-order valence-electron chi connectivity index (χ3n) is 5.60. The summed E-state index contributed by atoms with van der Waals surface area (Å²) in [5.74, 6) is 0.392. The number of para-hydroxylation sites is 1. The Bertz CT molecular complexity index is 1130. The van der Waals surface area contributed by atoms with Crippen molar-refractivity contribution in [2.24, 2.45) is 5.92 Å². The normalized spacial score (nSPS) is 15.0. The molecule has 2 heterocycles. The summed E-state index contributed by atoms with van der Waals surface area (Å²) in [5, 5.41) is 15.1. The highest BCUT2D eigenvalue weighted by atomic mass is 35.5. The monoisotopic (exact) mass is 430 g/mol. The van der Waals surface area contributed by atoms with Crippen LogP contribution in [0.3, 0.4) is 0 Å². The maximum atomic E-state index is 13.0. The van der Waals surface area contributed by atoms with Crippen molar-refractivity contribution in [1.29, 1.82) is 5.26 Å². The van der Waals surface area contributed by atoms with E-state index < -0.39 is 0 Å². The molecule has 5 nitrogen and oxygen atoms in total. The summed E-state index contributed by atoms with van der Waals surface area (Å²) < 4.78 is 1.76. The van der Waals surface area contributed by atoms with E-state index >= 15 is 0 Å². The average molecular weight is 431 g/mol. The van der Waals surface area contributed by atoms with Crippen LogP contribution >= 0.6 is 11.6 Å². The number of aromatic nitrogens is 2. The first-order chi connectivity index (χ1) is 15.0. The summed E-state index contributed by atoms with van der Waals surface area (Å²) in [4.78, 5) is 14.8. The molecule has 0 N–H and O–H groups in total. The van der Waals surface area contributed by atoms with Crippen LogP contribution in [-0.2, 0) is 4.79 Å². The molecular formula is C25H23ClN4O. The molecular weight excluding hydrogens is 408 g/mol. The van der Waals surface area contributed by atoms with Crippen molar-refractivity contribution in [3.63, 3.8) is 0 Å². The van der Waals surface area contributed by atoms with E-state index in [-0.39, 0.29) is 11.5 Å². The molecule has 1 aliphatic heterocycles. The SMILES string of the molecule is CC1CCN(C(=O)/C(C#N)=C/c2cn(-c3ccccc3)nc2-c2ccc(Cl)cc2)CC1. The molecule has 0 atom stereocenters. The molecule has 31 heavy (non-hydrogen) atoms. The van der Waals surface area contributed by atoms with Crippen LogP contribution < -0.4 is 0 Å². The number of halogens is 1. The van der Waals surface area contributed by atoms with E-state index in [0.717, 1.165) is 24.1 Å². The summed E-state index contributed by atoms with van der Waals surface area (Å²) >= 11 is 6.05. The fraction of sp³-hybridized carbons (Fsp3) is 0.240. The Hall–Kier alpha value is -3.36. The minimum atomic E-state index is -0.219. The fourth-order valence-corrected chi connectivity index (χ4v) is 3.84. The molecule has 0 unspecified atom stereocenters. The Morgan fingerprint density at radius 1 is 1.13 bits per heavy atom. The first-order valence-electron chi connectivity index (χ1n) is 10.4. The Kier molecular flexibility index (Phi) is 6.20. The van der Waals surface area contributed by atoms with E-state index in [1.165, 1.54) is 0 Å². The van der Waals surface area contributed by atoms with Crippen LogP contribution in [0.5, 0.6) is 0 Å². The third kappa shape index (κ3) is 4.70. The van der Waals surface area contributed by atoms with Gasteiger partial charge in [0.05, 0.1) is 11.4 Å². The Balaban J connectivity index is 1.74. The number of carbonyl (C=O) groups excluding carboxylic acids is 1. The third-order valence-corrected chi connectivity index (χ3v) is 5.85. The van der Waals surface area contributed by atoms with Crippen molar-refractivity contribution in [1.82, 2.24) is 14.7 Å². The number of amides is 1. The van der Waals surface area contributed by atoms with E-state index in [9.17, 15) is 10.1 Å². The predicted molar refractivity (Wildman–Crippen MR) is 123 cm³/mol. The average Bonchev–Trinajstić information content (AvgIpc) is 3.22. The first kappa shape index (κ1) is 20.9. The van der Waals surface area contributed by atoms with Gasteiger partial charge in [-0.15, -0.1) is 0 Å². The smallest absolute Gasteiger partial charge is 0.264 e. The molecule has 2 aromatic carbocycles. The van der Waals surface area contributed by atoms with Crippen LogP contribution in [-0.4, -0.2) is 33.7 Å². The van der Waals surface area contributed by atoms with Crippen LogP contribution in [0.25, 0.3) is 23.0 Å². The van der Waals surface area contributed by atoms with Crippen molar-refractivity contribution >= 4 is 23.6 Å². The van der Waals surface area contributed by atoms with Crippen molar-refractivity contribution in [2.45, 2.75) is 19.8 Å². The zero-order valence-electron chi connectivity index (χ0n) is 17.3. The molecule has 1 fully saturated rings. The summed E-state index contributed by atoms with van der Waals surface area (Å²) in [6, 6.07) is 19.2. The molecule has 0 saturated carbocycles. The lowest BCUT2D eigenvalue weighted by Crippen LogP contribution is -2.38. The van der Waals surface area contributed by atoms with Crippen molar-refractivity contribution in [3.8, 4) is 23.0 Å². The second kappa shape index (κ2) is 9.20. The van der Waals surface area contributed by atoms with E-state index in [1.807, 2.05) is 48.7 Å². The van der Waals surface area contributed by atoms with Gasteiger partial charge in [-0.25, -0.2) is 4.68 Å². The second-order valence-electron chi connectivity index (χ2n) is 7.86. The molecule has 156 valence electrons. The van der Waals surface area contributed by atoms with Crippen LogP contribution in [0.1, 0.15) is 25.3 Å². The number of rotatable bonds is 4. The van der Waals surface area contributed by atoms with Crippen LogP contribution in [0.15, 0.2) is 66.4 Å². The van der Waals surface area contributed by atoms with Crippen molar-refractivity contribution < 1.29 is 4.79 Å². The summed E-state index contributed by atoms with van der Waals surface area (Å²) in [6.07, 6.45) is 5.43. The number of piperidine rings is 1. The van der Waals surface area contributed by atoms with E-state index in [1.54, 1.807) is 27.8 Å². The van der Waals surface area contributed by atoms with Gasteiger partial charge in [0.25, 0.3) is 5.91 Å². The lowest BCUT2D eigenvalue weighted by atomic mass is 9.98. The molecule has 0 radical (unpaired) electrons. The Labute approximate surface area is 187 Å². The van der Waals surface area contributed by atoms with Gasteiger partial charge in [0.1, 0.15) is 11.6 Å². The number of carbonyl (C=O) groups is 1. The highest BCUT2D eigenvalue weighted by molar-refractivity contribution is 6.30. The van der Waals surface area contributed by atoms with Gasteiger partial charge in [-0.2, -0.15) is 10.4 Å². The summed E-state index contributed by atoms with van der Waals surface area (Å²) in [5.41, 5.74) is 3.28. The van der Waals surface area contributed by atoms with Gasteiger partial charge in [0.2, 0.25) is 0 Å². The Morgan fingerprint density at radius 2 is 1.81 bits per heavy atom. The largest absolute Gasteiger partial charge is 0.338 e. The first-order valence-corrected chi connectivity index (χ1v) is 10.7. The predicted octanol–water partition coefficient (Wildman–Crippen LogP) is 5.36. The number of benzene rings is 2. The molecule has 1 aromatic heterocycles. The van der Waals surface area contributed by atoms with Gasteiger partial charge in [-0.1, -0.05) is 48.9 Å². The highest BCUT2D eigenvalue weighted by Gasteiger charge is 2.24. The lowest BCUT2D eigenvalue weighted by Gasteiger charge is -2.30. The van der Waals surface area contributed by atoms with Gasteiger partial charge in [0.15, 0.2) is 0 Å². The summed E-state index contributed by atoms with van der Waals surface area (Å²) in [6.45, 7) is 3.57. The van der Waals surface area contributed by atoms with Crippen LogP contribution in [0, 0.1) is 17.2 Å². The Morgan fingerprint density at radius 3 is 2.45 bits per heavy atom. The van der Waals surface area contributed by atoms with Gasteiger partial charge in [0, 0.05) is 35.4 Å². The standard InChI is InChI=1S/C25H23ClN4O/c1-18-11-13-29(14-12-18)25(31)20(16-27)15-21-17-30(23-5-3-2-4-6-23)28-24(21)19-7-9-22(26)10-8-19/h2-10,15,17-18H,11-14H2,1H3/b20-15+. The molecule has 3 aromatic rings. The number of nitriles is 1. The number of hydrogen-bond acceptors (Lipinski definition) is 3.